The van der Waals surface area contributed by atoms with E-state index in [9.17, 15) is 23.5 Å². The summed E-state index contributed by atoms with van der Waals surface area (Å²) >= 11 is 0. The van der Waals surface area contributed by atoms with Gasteiger partial charge in [-0.3, -0.25) is 4.79 Å². The molecule has 1 N–H and O–H groups in total. The number of carbonyl (C=O) groups is 2. The third-order valence-corrected chi connectivity index (χ3v) is 2.88. The fourth-order valence-corrected chi connectivity index (χ4v) is 1.86. The second-order valence-electron chi connectivity index (χ2n) is 4.32. The summed E-state index contributed by atoms with van der Waals surface area (Å²) in [5, 5.41) is 13.6. The van der Waals surface area contributed by atoms with Gasteiger partial charge in [-0.15, -0.1) is 0 Å². The lowest BCUT2D eigenvalue weighted by atomic mass is 10.2. The first kappa shape index (κ1) is 15.6. The van der Waals surface area contributed by atoms with E-state index >= 15 is 0 Å². The second kappa shape index (κ2) is 6.33. The molecule has 6 nitrogen and oxygen atoms in total. The van der Waals surface area contributed by atoms with Crippen molar-refractivity contribution in [3.8, 4) is 5.88 Å². The Labute approximate surface area is 123 Å². The van der Waals surface area contributed by atoms with Gasteiger partial charge in [0, 0.05) is 5.56 Å². The first-order valence-electron chi connectivity index (χ1n) is 6.34. The Bertz CT molecular complexity index is 728. The van der Waals surface area contributed by atoms with E-state index in [2.05, 4.69) is 5.10 Å². The molecule has 1 heterocycles. The molecular formula is C14H12F2N2O4. The van der Waals surface area contributed by atoms with Gasteiger partial charge in [0.05, 0.1) is 13.2 Å². The van der Waals surface area contributed by atoms with Crippen LogP contribution in [-0.2, 0) is 11.3 Å². The van der Waals surface area contributed by atoms with E-state index < -0.39 is 23.5 Å². The molecule has 0 bridgehead atoms. The van der Waals surface area contributed by atoms with Crippen molar-refractivity contribution in [3.05, 3.63) is 46.7 Å². The number of aldehydes is 1. The summed E-state index contributed by atoms with van der Waals surface area (Å²) in [4.78, 5) is 22.6. The van der Waals surface area contributed by atoms with Crippen LogP contribution >= 0.6 is 0 Å². The van der Waals surface area contributed by atoms with Gasteiger partial charge in [-0.1, -0.05) is 0 Å². The summed E-state index contributed by atoms with van der Waals surface area (Å²) in [5.41, 5.74) is -0.841. The standard InChI is InChI=1S/C14H12F2N2O4/c1-2-22-14(21)12-10(7-19)13(20)18(17-12)6-8-5-9(15)3-4-11(8)16/h3-5,7,20H,2,6H2,1H3. The molecule has 0 unspecified atom stereocenters. The van der Waals surface area contributed by atoms with Gasteiger partial charge in [-0.05, 0) is 25.1 Å². The molecule has 0 radical (unpaired) electrons. The van der Waals surface area contributed by atoms with Gasteiger partial charge in [-0.2, -0.15) is 5.10 Å². The lowest BCUT2D eigenvalue weighted by Gasteiger charge is -2.05. The summed E-state index contributed by atoms with van der Waals surface area (Å²) < 4.78 is 32.3. The van der Waals surface area contributed by atoms with Crippen molar-refractivity contribution < 1.29 is 28.2 Å². The quantitative estimate of drug-likeness (QED) is 0.674. The molecular weight excluding hydrogens is 298 g/mol. The maximum Gasteiger partial charge on any atom is 0.359 e. The topological polar surface area (TPSA) is 81.4 Å². The van der Waals surface area contributed by atoms with Crippen LogP contribution in [0.1, 0.15) is 33.3 Å². The van der Waals surface area contributed by atoms with E-state index in [1.165, 1.54) is 0 Å². The summed E-state index contributed by atoms with van der Waals surface area (Å²) in [5.74, 6) is -2.88. The average Bonchev–Trinajstić information content (AvgIpc) is 2.80. The third-order valence-electron chi connectivity index (χ3n) is 2.88. The van der Waals surface area contributed by atoms with Crippen molar-refractivity contribution in [1.82, 2.24) is 9.78 Å². The Morgan fingerprint density at radius 2 is 2.18 bits per heavy atom. The average molecular weight is 310 g/mol. The number of nitrogens with zero attached hydrogens (tertiary/aromatic N) is 2. The molecule has 1 aromatic heterocycles. The van der Waals surface area contributed by atoms with Crippen LogP contribution in [0.25, 0.3) is 0 Å². The highest BCUT2D eigenvalue weighted by Crippen LogP contribution is 2.22. The molecule has 0 saturated heterocycles. The summed E-state index contributed by atoms with van der Waals surface area (Å²) in [6, 6.07) is 2.81. The van der Waals surface area contributed by atoms with E-state index in [-0.39, 0.29) is 36.3 Å². The minimum absolute atomic E-state index is 0.0588. The van der Waals surface area contributed by atoms with Crippen LogP contribution < -0.4 is 0 Å². The molecule has 0 atom stereocenters. The number of rotatable bonds is 5. The number of carbonyl (C=O) groups excluding carboxylic acids is 2. The predicted octanol–water partition coefficient (Wildman–Crippen LogP) is 1.90. The monoisotopic (exact) mass is 310 g/mol. The second-order valence-corrected chi connectivity index (χ2v) is 4.32. The largest absolute Gasteiger partial charge is 0.493 e. The number of aromatic nitrogens is 2. The van der Waals surface area contributed by atoms with Gasteiger partial charge in [0.15, 0.2) is 12.0 Å². The number of benzene rings is 1. The van der Waals surface area contributed by atoms with E-state index in [1.54, 1.807) is 6.92 Å². The number of halogens is 2. The van der Waals surface area contributed by atoms with Gasteiger partial charge in [0.2, 0.25) is 5.88 Å². The predicted molar refractivity (Wildman–Crippen MR) is 70.7 cm³/mol. The van der Waals surface area contributed by atoms with Crippen molar-refractivity contribution in [2.45, 2.75) is 13.5 Å². The van der Waals surface area contributed by atoms with Gasteiger partial charge < -0.3 is 9.84 Å². The minimum Gasteiger partial charge on any atom is -0.493 e. The SMILES string of the molecule is CCOC(=O)c1nn(Cc2cc(F)ccc2F)c(O)c1C=O. The van der Waals surface area contributed by atoms with Crippen LogP contribution in [0, 0.1) is 11.6 Å². The van der Waals surface area contributed by atoms with E-state index in [4.69, 9.17) is 4.74 Å². The van der Waals surface area contributed by atoms with Gasteiger partial charge >= 0.3 is 5.97 Å². The first-order valence-corrected chi connectivity index (χ1v) is 6.34. The Morgan fingerprint density at radius 3 is 2.82 bits per heavy atom. The molecule has 0 saturated carbocycles. The molecule has 0 aliphatic carbocycles. The molecule has 116 valence electrons. The Kier molecular flexibility index (Phi) is 4.50. The molecule has 0 spiro atoms. The van der Waals surface area contributed by atoms with E-state index in [0.717, 1.165) is 22.9 Å². The number of esters is 1. The van der Waals surface area contributed by atoms with Gasteiger partial charge in [0.25, 0.3) is 0 Å². The molecule has 22 heavy (non-hydrogen) atoms. The summed E-state index contributed by atoms with van der Waals surface area (Å²) in [6.07, 6.45) is 0.243. The van der Waals surface area contributed by atoms with Crippen LogP contribution in [-0.4, -0.2) is 33.7 Å². The number of hydrogen-bond donors (Lipinski definition) is 1. The first-order chi connectivity index (χ1) is 10.5. The minimum atomic E-state index is -0.890. The molecule has 2 rings (SSSR count). The maximum atomic E-state index is 13.6. The molecule has 0 aliphatic rings. The Morgan fingerprint density at radius 1 is 1.45 bits per heavy atom. The highest BCUT2D eigenvalue weighted by molar-refractivity contribution is 5.98. The lowest BCUT2D eigenvalue weighted by molar-refractivity contribution is 0.0516. The van der Waals surface area contributed by atoms with Crippen LogP contribution in [0.2, 0.25) is 0 Å². The molecule has 0 amide bonds. The van der Waals surface area contributed by atoms with E-state index in [1.807, 2.05) is 0 Å². The highest BCUT2D eigenvalue weighted by atomic mass is 19.1. The zero-order valence-corrected chi connectivity index (χ0v) is 11.5. The number of ether oxygens (including phenoxy) is 1. The number of hydrogen-bond acceptors (Lipinski definition) is 5. The maximum absolute atomic E-state index is 13.6. The highest BCUT2D eigenvalue weighted by Gasteiger charge is 2.24. The smallest absolute Gasteiger partial charge is 0.359 e. The lowest BCUT2D eigenvalue weighted by Crippen LogP contribution is -2.09. The van der Waals surface area contributed by atoms with Crippen molar-refractivity contribution in [3.63, 3.8) is 0 Å². The fourth-order valence-electron chi connectivity index (χ4n) is 1.86. The number of aromatic hydroxyl groups is 1. The molecule has 0 aliphatic heterocycles. The normalized spacial score (nSPS) is 10.5. The van der Waals surface area contributed by atoms with Crippen LogP contribution in [0.3, 0.4) is 0 Å². The Balaban J connectivity index is 2.42. The van der Waals surface area contributed by atoms with Gasteiger partial charge in [0.1, 0.15) is 17.2 Å². The zero-order chi connectivity index (χ0) is 16.3. The summed E-state index contributed by atoms with van der Waals surface area (Å²) in [6.45, 7) is 1.27. The molecule has 2 aromatic rings. The van der Waals surface area contributed by atoms with E-state index in [0.29, 0.717) is 0 Å². The van der Waals surface area contributed by atoms with Gasteiger partial charge in [-0.25, -0.2) is 18.3 Å². The van der Waals surface area contributed by atoms with Crippen molar-refractivity contribution in [2.24, 2.45) is 0 Å². The molecule has 8 heteroatoms. The molecule has 1 aromatic carbocycles. The fraction of sp³-hybridized carbons (Fsp3) is 0.214. The van der Waals surface area contributed by atoms with Crippen molar-refractivity contribution >= 4 is 12.3 Å². The Hall–Kier alpha value is -2.77. The molecule has 0 fully saturated rings. The third kappa shape index (κ3) is 2.95. The van der Waals surface area contributed by atoms with Crippen LogP contribution in [0.15, 0.2) is 18.2 Å². The van der Waals surface area contributed by atoms with Crippen molar-refractivity contribution in [1.29, 1.82) is 0 Å². The van der Waals surface area contributed by atoms with Crippen LogP contribution in [0.5, 0.6) is 5.88 Å². The van der Waals surface area contributed by atoms with Crippen LogP contribution in [0.4, 0.5) is 8.78 Å². The zero-order valence-electron chi connectivity index (χ0n) is 11.5. The van der Waals surface area contributed by atoms with Crippen molar-refractivity contribution in [2.75, 3.05) is 6.61 Å². The summed E-state index contributed by atoms with van der Waals surface area (Å²) in [7, 11) is 0.